The molecule has 2 aromatic rings. The van der Waals surface area contributed by atoms with Crippen molar-refractivity contribution in [2.24, 2.45) is 0 Å². The number of pyridine rings is 1. The molecule has 23 heavy (non-hydrogen) atoms. The zero-order valence-electron chi connectivity index (χ0n) is 13.3. The van der Waals surface area contributed by atoms with Gasteiger partial charge in [0.2, 0.25) is 0 Å². The third kappa shape index (κ3) is 5.32. The van der Waals surface area contributed by atoms with Crippen molar-refractivity contribution < 1.29 is 0 Å². The molecular formula is C20H21N3. The van der Waals surface area contributed by atoms with Gasteiger partial charge in [-0.15, -0.1) is 0 Å². The van der Waals surface area contributed by atoms with Crippen LogP contribution < -0.4 is 11.1 Å². The van der Waals surface area contributed by atoms with Crippen molar-refractivity contribution >= 4 is 23.3 Å². The van der Waals surface area contributed by atoms with Gasteiger partial charge in [-0.2, -0.15) is 0 Å². The van der Waals surface area contributed by atoms with E-state index in [9.17, 15) is 0 Å². The number of hydrogen-bond donors (Lipinski definition) is 2. The van der Waals surface area contributed by atoms with Crippen LogP contribution in [-0.4, -0.2) is 4.98 Å². The lowest BCUT2D eigenvalue weighted by Gasteiger charge is -2.06. The monoisotopic (exact) mass is 303 g/mol. The Kier molecular flexibility index (Phi) is 5.53. The lowest BCUT2D eigenvalue weighted by Crippen LogP contribution is -1.95. The first-order valence-corrected chi connectivity index (χ1v) is 7.33. The molecule has 0 fully saturated rings. The summed E-state index contributed by atoms with van der Waals surface area (Å²) in [6, 6.07) is 11.6. The first-order chi connectivity index (χ1) is 11.1. The van der Waals surface area contributed by atoms with Gasteiger partial charge in [0.15, 0.2) is 0 Å². The van der Waals surface area contributed by atoms with Gasteiger partial charge in [-0.3, -0.25) is 0 Å². The minimum Gasteiger partial charge on any atom is -0.399 e. The number of benzene rings is 1. The van der Waals surface area contributed by atoms with Gasteiger partial charge < -0.3 is 11.1 Å². The van der Waals surface area contributed by atoms with Crippen LogP contribution in [0.2, 0.25) is 0 Å². The van der Waals surface area contributed by atoms with E-state index >= 15 is 0 Å². The largest absolute Gasteiger partial charge is 0.399 e. The summed E-state index contributed by atoms with van der Waals surface area (Å²) in [4.78, 5) is 4.24. The van der Waals surface area contributed by atoms with E-state index in [1.165, 1.54) is 0 Å². The Labute approximate surface area is 137 Å². The molecule has 0 saturated carbocycles. The highest BCUT2D eigenvalue weighted by molar-refractivity contribution is 5.64. The lowest BCUT2D eigenvalue weighted by atomic mass is 10.1. The average Bonchev–Trinajstić information content (AvgIpc) is 2.53. The topological polar surface area (TPSA) is 50.9 Å². The van der Waals surface area contributed by atoms with E-state index in [1.54, 1.807) is 18.3 Å². The Morgan fingerprint density at radius 1 is 1.26 bits per heavy atom. The summed E-state index contributed by atoms with van der Waals surface area (Å²) >= 11 is 0. The normalized spacial score (nSPS) is 11.4. The van der Waals surface area contributed by atoms with Crippen molar-refractivity contribution in [1.82, 2.24) is 4.98 Å². The number of rotatable bonds is 6. The molecule has 1 aromatic carbocycles. The number of nitrogens with zero attached hydrogens (tertiary/aromatic N) is 1. The van der Waals surface area contributed by atoms with Crippen LogP contribution in [0, 0.1) is 0 Å². The Morgan fingerprint density at radius 3 is 2.83 bits per heavy atom. The number of anilines is 3. The molecule has 3 heteroatoms. The molecule has 0 atom stereocenters. The maximum Gasteiger partial charge on any atom is 0.132 e. The molecule has 0 unspecified atom stereocenters. The SMILES string of the molecule is C=CC(C)=CC(=C)C=Cc1cccc(Nc2cc(N)ccn2)c1. The summed E-state index contributed by atoms with van der Waals surface area (Å²) in [5.74, 6) is 0.722. The van der Waals surface area contributed by atoms with Crippen molar-refractivity contribution in [2.75, 3.05) is 11.1 Å². The molecule has 3 N–H and O–H groups in total. The second-order valence-electron chi connectivity index (χ2n) is 5.23. The van der Waals surface area contributed by atoms with Gasteiger partial charge in [0, 0.05) is 23.6 Å². The summed E-state index contributed by atoms with van der Waals surface area (Å²) in [6.45, 7) is 9.74. The molecule has 0 aliphatic rings. The Balaban J connectivity index is 2.11. The van der Waals surface area contributed by atoms with E-state index in [4.69, 9.17) is 5.73 Å². The van der Waals surface area contributed by atoms with Crippen LogP contribution in [0.1, 0.15) is 12.5 Å². The number of nitrogens with two attached hydrogens (primary N) is 1. The molecule has 3 nitrogen and oxygen atoms in total. The van der Waals surface area contributed by atoms with Crippen LogP contribution in [-0.2, 0) is 0 Å². The molecule has 116 valence electrons. The molecule has 1 aromatic heterocycles. The summed E-state index contributed by atoms with van der Waals surface area (Å²) in [6.07, 6.45) is 9.47. The zero-order chi connectivity index (χ0) is 16.7. The van der Waals surface area contributed by atoms with Crippen LogP contribution in [0.5, 0.6) is 0 Å². The van der Waals surface area contributed by atoms with E-state index < -0.39 is 0 Å². The Bertz CT molecular complexity index is 770. The number of hydrogen-bond acceptors (Lipinski definition) is 3. The van der Waals surface area contributed by atoms with Crippen LogP contribution in [0.15, 0.2) is 85.1 Å². The lowest BCUT2D eigenvalue weighted by molar-refractivity contribution is 1.31. The van der Waals surface area contributed by atoms with Gasteiger partial charge in [0.1, 0.15) is 5.82 Å². The molecule has 2 rings (SSSR count). The van der Waals surface area contributed by atoms with Gasteiger partial charge in [0.25, 0.3) is 0 Å². The van der Waals surface area contributed by atoms with Gasteiger partial charge in [-0.05, 0) is 36.3 Å². The summed E-state index contributed by atoms with van der Waals surface area (Å²) in [5, 5.41) is 3.24. The van der Waals surface area contributed by atoms with Crippen LogP contribution in [0.4, 0.5) is 17.2 Å². The van der Waals surface area contributed by atoms with Crippen molar-refractivity contribution in [3.8, 4) is 0 Å². The highest BCUT2D eigenvalue weighted by atomic mass is 15.0. The van der Waals surface area contributed by atoms with Gasteiger partial charge in [-0.25, -0.2) is 4.98 Å². The Hall–Kier alpha value is -3.07. The highest BCUT2D eigenvalue weighted by Gasteiger charge is 1.97. The maximum atomic E-state index is 5.76. The minimum atomic E-state index is 0.680. The number of aromatic nitrogens is 1. The van der Waals surface area contributed by atoms with E-state index in [-0.39, 0.29) is 0 Å². The zero-order valence-corrected chi connectivity index (χ0v) is 13.3. The van der Waals surface area contributed by atoms with Gasteiger partial charge in [0.05, 0.1) is 0 Å². The fourth-order valence-corrected chi connectivity index (χ4v) is 1.99. The summed E-state index contributed by atoms with van der Waals surface area (Å²) in [7, 11) is 0. The van der Waals surface area contributed by atoms with Crippen molar-refractivity contribution in [1.29, 1.82) is 0 Å². The van der Waals surface area contributed by atoms with Gasteiger partial charge >= 0.3 is 0 Å². The smallest absolute Gasteiger partial charge is 0.132 e. The number of allylic oxidation sites excluding steroid dienone is 5. The third-order valence-electron chi connectivity index (χ3n) is 3.17. The fourth-order valence-electron chi connectivity index (χ4n) is 1.99. The van der Waals surface area contributed by atoms with Gasteiger partial charge in [-0.1, -0.05) is 55.2 Å². The first-order valence-electron chi connectivity index (χ1n) is 7.33. The van der Waals surface area contributed by atoms with Crippen LogP contribution in [0.25, 0.3) is 6.08 Å². The fraction of sp³-hybridized carbons (Fsp3) is 0.0500. The van der Waals surface area contributed by atoms with E-state index in [0.717, 1.165) is 28.2 Å². The highest BCUT2D eigenvalue weighted by Crippen LogP contribution is 2.18. The van der Waals surface area contributed by atoms with Crippen molar-refractivity contribution in [3.05, 3.63) is 90.7 Å². The maximum absolute atomic E-state index is 5.76. The average molecular weight is 303 g/mol. The molecule has 0 aliphatic heterocycles. The summed E-state index contributed by atoms with van der Waals surface area (Å²) < 4.78 is 0. The molecule has 0 amide bonds. The second-order valence-corrected chi connectivity index (χ2v) is 5.23. The predicted molar refractivity (Wildman–Crippen MR) is 101 cm³/mol. The number of nitrogens with one attached hydrogen (secondary N) is 1. The standard InChI is InChI=1S/C20H21N3/c1-4-15(2)12-16(3)8-9-17-6-5-7-19(13-17)23-20-14-18(21)10-11-22-20/h4-14H,1,3H2,2H3,(H3,21,22,23). The van der Waals surface area contributed by atoms with Crippen LogP contribution >= 0.6 is 0 Å². The second kappa shape index (κ2) is 7.80. The molecule has 0 saturated heterocycles. The summed E-state index contributed by atoms with van der Waals surface area (Å²) in [5.41, 5.74) is 10.5. The molecule has 0 radical (unpaired) electrons. The van der Waals surface area contributed by atoms with Crippen LogP contribution in [0.3, 0.4) is 0 Å². The van der Waals surface area contributed by atoms with E-state index in [1.807, 2.05) is 55.5 Å². The quantitative estimate of drug-likeness (QED) is 0.729. The number of nitrogen functional groups attached to an aromatic ring is 1. The molecule has 0 aliphatic carbocycles. The van der Waals surface area contributed by atoms with Crippen molar-refractivity contribution in [3.63, 3.8) is 0 Å². The first kappa shape index (κ1) is 16.3. The molecule has 1 heterocycles. The van der Waals surface area contributed by atoms with Crippen molar-refractivity contribution in [2.45, 2.75) is 6.92 Å². The predicted octanol–water partition coefficient (Wildman–Crippen LogP) is 5.11. The van der Waals surface area contributed by atoms with E-state index in [0.29, 0.717) is 5.69 Å². The molecule has 0 bridgehead atoms. The third-order valence-corrected chi connectivity index (χ3v) is 3.17. The minimum absolute atomic E-state index is 0.680. The van der Waals surface area contributed by atoms with E-state index in [2.05, 4.69) is 23.5 Å². The molecular weight excluding hydrogens is 282 g/mol. The Morgan fingerprint density at radius 2 is 2.09 bits per heavy atom. The molecule has 0 spiro atoms.